The number of rotatable bonds is 7. The number of amides is 2. The molecule has 1 heterocycles. The van der Waals surface area contributed by atoms with E-state index in [1.165, 1.54) is 0 Å². The van der Waals surface area contributed by atoms with Gasteiger partial charge < -0.3 is 20.1 Å². The molecule has 3 rings (SSSR count). The van der Waals surface area contributed by atoms with Crippen LogP contribution >= 0.6 is 11.6 Å². The maximum atomic E-state index is 13.0. The third-order valence-electron chi connectivity index (χ3n) is 5.31. The van der Waals surface area contributed by atoms with Crippen molar-refractivity contribution >= 4 is 23.4 Å². The van der Waals surface area contributed by atoms with Crippen LogP contribution in [0.5, 0.6) is 11.5 Å². The Bertz CT molecular complexity index is 901. The van der Waals surface area contributed by atoms with E-state index in [4.69, 9.17) is 21.1 Å². The topological polar surface area (TPSA) is 76.7 Å². The van der Waals surface area contributed by atoms with Crippen molar-refractivity contribution in [2.45, 2.75) is 39.3 Å². The minimum Gasteiger partial charge on any atom is -0.486 e. The molecule has 1 aliphatic heterocycles. The first-order valence-corrected chi connectivity index (χ1v) is 10.5. The quantitative estimate of drug-likeness (QED) is 0.692. The first kappa shape index (κ1) is 22.0. The van der Waals surface area contributed by atoms with Crippen molar-refractivity contribution in [2.75, 3.05) is 13.2 Å². The average Bonchev–Trinajstić information content (AvgIpc) is 2.76. The summed E-state index contributed by atoms with van der Waals surface area (Å²) in [6.45, 7) is 6.87. The van der Waals surface area contributed by atoms with Gasteiger partial charge in [0.05, 0.1) is 6.04 Å². The van der Waals surface area contributed by atoms with Crippen LogP contribution in [0.2, 0.25) is 5.02 Å². The Kier molecular flexibility index (Phi) is 7.21. The first-order chi connectivity index (χ1) is 14.4. The van der Waals surface area contributed by atoms with E-state index < -0.39 is 6.04 Å². The lowest BCUT2D eigenvalue weighted by atomic mass is 9.97. The molecule has 3 unspecified atom stereocenters. The molecule has 7 heteroatoms. The van der Waals surface area contributed by atoms with Gasteiger partial charge in [-0.25, -0.2) is 0 Å². The van der Waals surface area contributed by atoms with Gasteiger partial charge in [0.15, 0.2) is 11.5 Å². The molecule has 6 nitrogen and oxygen atoms in total. The zero-order valence-corrected chi connectivity index (χ0v) is 18.2. The lowest BCUT2D eigenvalue weighted by Crippen LogP contribution is -2.50. The zero-order chi connectivity index (χ0) is 21.7. The molecule has 0 saturated heterocycles. The highest BCUT2D eigenvalue weighted by Crippen LogP contribution is 2.32. The summed E-state index contributed by atoms with van der Waals surface area (Å²) in [5.41, 5.74) is 1.36. The number of benzene rings is 2. The molecular formula is C23H27ClN2O4. The molecule has 0 aromatic heterocycles. The second kappa shape index (κ2) is 9.85. The Hall–Kier alpha value is -2.73. The van der Waals surface area contributed by atoms with Crippen molar-refractivity contribution in [2.24, 2.45) is 5.92 Å². The molecular weight excluding hydrogens is 404 g/mol. The van der Waals surface area contributed by atoms with E-state index in [-0.39, 0.29) is 23.8 Å². The van der Waals surface area contributed by atoms with Crippen molar-refractivity contribution in [1.29, 1.82) is 0 Å². The second-order valence-corrected chi connectivity index (χ2v) is 7.91. The summed E-state index contributed by atoms with van der Waals surface area (Å²) < 4.78 is 11.2. The maximum absolute atomic E-state index is 13.0. The highest BCUT2D eigenvalue weighted by molar-refractivity contribution is 6.30. The average molecular weight is 431 g/mol. The van der Waals surface area contributed by atoms with Gasteiger partial charge in [-0.05, 0) is 54.8 Å². The molecule has 160 valence electrons. The number of fused-ring (bicyclic) bond motifs is 1. The molecule has 0 aliphatic carbocycles. The normalized spacial score (nSPS) is 15.6. The van der Waals surface area contributed by atoms with Gasteiger partial charge in [-0.1, -0.05) is 37.9 Å². The van der Waals surface area contributed by atoms with Crippen LogP contribution in [0.4, 0.5) is 0 Å². The van der Waals surface area contributed by atoms with Gasteiger partial charge in [0.25, 0.3) is 5.91 Å². The summed E-state index contributed by atoms with van der Waals surface area (Å²) in [7, 11) is 0. The Morgan fingerprint density at radius 3 is 2.33 bits per heavy atom. The summed E-state index contributed by atoms with van der Waals surface area (Å²) >= 11 is 5.89. The summed E-state index contributed by atoms with van der Waals surface area (Å²) in [6.07, 6.45) is 0.747. The Balaban J connectivity index is 1.70. The zero-order valence-electron chi connectivity index (χ0n) is 17.4. The second-order valence-electron chi connectivity index (χ2n) is 7.48. The predicted molar refractivity (Wildman–Crippen MR) is 116 cm³/mol. The van der Waals surface area contributed by atoms with Gasteiger partial charge in [-0.2, -0.15) is 0 Å². The summed E-state index contributed by atoms with van der Waals surface area (Å²) in [4.78, 5) is 25.7. The van der Waals surface area contributed by atoms with E-state index in [9.17, 15) is 9.59 Å². The third kappa shape index (κ3) is 5.25. The van der Waals surface area contributed by atoms with Crippen LogP contribution in [-0.2, 0) is 4.79 Å². The summed E-state index contributed by atoms with van der Waals surface area (Å²) in [5.74, 6) is 0.812. The van der Waals surface area contributed by atoms with Crippen LogP contribution in [0.15, 0.2) is 42.5 Å². The van der Waals surface area contributed by atoms with Crippen molar-refractivity contribution in [1.82, 2.24) is 10.6 Å². The monoisotopic (exact) mass is 430 g/mol. The lowest BCUT2D eigenvalue weighted by Gasteiger charge is -2.26. The van der Waals surface area contributed by atoms with Crippen LogP contribution in [0.25, 0.3) is 0 Å². The number of hydrogen-bond acceptors (Lipinski definition) is 4. The van der Waals surface area contributed by atoms with Crippen LogP contribution in [0, 0.1) is 5.92 Å². The molecule has 0 bridgehead atoms. The smallest absolute Gasteiger partial charge is 0.251 e. The van der Waals surface area contributed by atoms with E-state index >= 15 is 0 Å². The van der Waals surface area contributed by atoms with Gasteiger partial charge in [0.1, 0.15) is 19.3 Å². The minimum absolute atomic E-state index is 0.0336. The number of nitrogens with one attached hydrogen (secondary N) is 2. The Labute approximate surface area is 181 Å². The van der Waals surface area contributed by atoms with E-state index in [2.05, 4.69) is 10.6 Å². The molecule has 30 heavy (non-hydrogen) atoms. The highest BCUT2D eigenvalue weighted by atomic mass is 35.5. The number of halogens is 1. The Morgan fingerprint density at radius 2 is 1.67 bits per heavy atom. The Morgan fingerprint density at radius 1 is 1.00 bits per heavy atom. The van der Waals surface area contributed by atoms with Crippen LogP contribution in [-0.4, -0.2) is 31.1 Å². The first-order valence-electron chi connectivity index (χ1n) is 10.2. The van der Waals surface area contributed by atoms with Crippen molar-refractivity contribution < 1.29 is 19.1 Å². The molecule has 0 saturated carbocycles. The molecule has 2 aromatic rings. The largest absolute Gasteiger partial charge is 0.486 e. The number of carbonyl (C=O) groups is 2. The van der Waals surface area contributed by atoms with E-state index in [0.717, 1.165) is 12.0 Å². The van der Waals surface area contributed by atoms with Crippen LogP contribution in [0.1, 0.15) is 49.2 Å². The highest BCUT2D eigenvalue weighted by Gasteiger charge is 2.28. The molecule has 2 aromatic carbocycles. The van der Waals surface area contributed by atoms with Crippen LogP contribution in [0.3, 0.4) is 0 Å². The fraction of sp³-hybridized carbons (Fsp3) is 0.391. The van der Waals surface area contributed by atoms with Gasteiger partial charge in [-0.3, -0.25) is 9.59 Å². The molecule has 1 aliphatic rings. The van der Waals surface area contributed by atoms with Crippen molar-refractivity contribution in [3.8, 4) is 11.5 Å². The van der Waals surface area contributed by atoms with Crippen molar-refractivity contribution in [3.05, 3.63) is 58.6 Å². The number of ether oxygens (including phenoxy) is 2. The van der Waals surface area contributed by atoms with E-state index in [0.29, 0.717) is 35.3 Å². The van der Waals surface area contributed by atoms with Crippen molar-refractivity contribution in [3.63, 3.8) is 0 Å². The summed E-state index contributed by atoms with van der Waals surface area (Å²) in [6, 6.07) is 11.3. The molecule has 2 N–H and O–H groups in total. The van der Waals surface area contributed by atoms with Crippen LogP contribution < -0.4 is 20.1 Å². The van der Waals surface area contributed by atoms with Gasteiger partial charge in [0.2, 0.25) is 5.91 Å². The van der Waals surface area contributed by atoms with Gasteiger partial charge in [-0.15, -0.1) is 0 Å². The lowest BCUT2D eigenvalue weighted by molar-refractivity contribution is -0.124. The van der Waals surface area contributed by atoms with E-state index in [1.54, 1.807) is 24.3 Å². The SMILES string of the molecule is CCC(C)C(NC(=O)c1ccc(Cl)cc1)C(=O)NC(C)c1ccc2c(c1)OCCO2. The molecule has 0 fully saturated rings. The number of hydrogen-bond donors (Lipinski definition) is 2. The maximum Gasteiger partial charge on any atom is 0.251 e. The fourth-order valence-electron chi connectivity index (χ4n) is 3.24. The van der Waals surface area contributed by atoms with E-state index in [1.807, 2.05) is 39.0 Å². The predicted octanol–water partition coefficient (Wildman–Crippen LogP) is 4.13. The van der Waals surface area contributed by atoms with Gasteiger partial charge >= 0.3 is 0 Å². The third-order valence-corrected chi connectivity index (χ3v) is 5.57. The standard InChI is InChI=1S/C23H27ClN2O4/c1-4-14(2)21(26-22(27)16-5-8-18(24)9-6-16)23(28)25-15(3)17-7-10-19-20(13-17)30-12-11-29-19/h5-10,13-15,21H,4,11-12H2,1-3H3,(H,25,28)(H,26,27). The number of carbonyl (C=O) groups excluding carboxylic acids is 2. The molecule has 0 radical (unpaired) electrons. The van der Waals surface area contributed by atoms with Gasteiger partial charge in [0, 0.05) is 10.6 Å². The molecule has 2 amide bonds. The molecule has 3 atom stereocenters. The fourth-order valence-corrected chi connectivity index (χ4v) is 3.37. The minimum atomic E-state index is -0.655. The molecule has 0 spiro atoms. The summed E-state index contributed by atoms with van der Waals surface area (Å²) in [5, 5.41) is 6.44.